The highest BCUT2D eigenvalue weighted by molar-refractivity contribution is 6.31. The van der Waals surface area contributed by atoms with Crippen LogP contribution in [0.4, 0.5) is 0 Å². The number of hydrogen-bond donors (Lipinski definition) is 3. The van der Waals surface area contributed by atoms with Gasteiger partial charge in [-0.25, -0.2) is 4.79 Å². The number of carbonyl (C=O) groups excluding carboxylic acids is 1. The van der Waals surface area contributed by atoms with E-state index < -0.39 is 17.6 Å². The number of aromatic amines is 1. The van der Waals surface area contributed by atoms with Crippen LogP contribution in [0.3, 0.4) is 0 Å². The average Bonchev–Trinajstić information content (AvgIpc) is 2.75. The van der Waals surface area contributed by atoms with Gasteiger partial charge in [0.25, 0.3) is 11.5 Å². The molecule has 1 amide bonds. The first-order valence-electron chi connectivity index (χ1n) is 9.93. The smallest absolute Gasteiger partial charge is 0.341 e. The number of ether oxygens (including phenoxy) is 1. The van der Waals surface area contributed by atoms with Crippen LogP contribution in [-0.2, 0) is 16.1 Å². The molecule has 1 atom stereocenters. The van der Waals surface area contributed by atoms with Crippen LogP contribution in [0.25, 0.3) is 10.9 Å². The number of unbranched alkanes of at least 4 members (excludes halogenated alkanes) is 1. The van der Waals surface area contributed by atoms with E-state index in [1.54, 1.807) is 12.1 Å². The van der Waals surface area contributed by atoms with Crippen molar-refractivity contribution in [1.29, 1.82) is 0 Å². The molecular weight excluding hydrogens is 420 g/mol. The molecule has 31 heavy (non-hydrogen) atoms. The fourth-order valence-corrected chi connectivity index (χ4v) is 3.47. The summed E-state index contributed by atoms with van der Waals surface area (Å²) in [6.45, 7) is 2.58. The summed E-state index contributed by atoms with van der Waals surface area (Å²) >= 11 is 6.18. The minimum absolute atomic E-state index is 0.0821. The van der Waals surface area contributed by atoms with Gasteiger partial charge in [-0.3, -0.25) is 9.59 Å². The van der Waals surface area contributed by atoms with E-state index >= 15 is 0 Å². The second kappa shape index (κ2) is 10.2. The van der Waals surface area contributed by atoms with Crippen LogP contribution in [0.5, 0.6) is 0 Å². The number of nitrogens with one attached hydrogen (secondary N) is 2. The highest BCUT2D eigenvalue weighted by atomic mass is 35.5. The molecule has 1 heterocycles. The van der Waals surface area contributed by atoms with E-state index in [0.29, 0.717) is 28.1 Å². The Kier molecular flexibility index (Phi) is 7.44. The Labute approximate surface area is 184 Å². The third kappa shape index (κ3) is 5.51. The quantitative estimate of drug-likeness (QED) is 0.433. The molecule has 0 aliphatic carbocycles. The lowest BCUT2D eigenvalue weighted by atomic mass is 10.1. The summed E-state index contributed by atoms with van der Waals surface area (Å²) in [4.78, 5) is 38.9. The van der Waals surface area contributed by atoms with E-state index in [4.69, 9.17) is 16.3 Å². The first-order chi connectivity index (χ1) is 14.9. The van der Waals surface area contributed by atoms with Gasteiger partial charge >= 0.3 is 5.97 Å². The van der Waals surface area contributed by atoms with Crippen molar-refractivity contribution in [2.45, 2.75) is 32.4 Å². The topological polar surface area (TPSA) is 108 Å². The van der Waals surface area contributed by atoms with Crippen LogP contribution in [-0.4, -0.2) is 28.6 Å². The molecule has 0 fully saturated rings. The number of carbonyl (C=O) groups is 2. The van der Waals surface area contributed by atoms with Gasteiger partial charge in [0.2, 0.25) is 0 Å². The molecule has 3 aromatic rings. The number of carboxylic acid groups (broad SMARTS) is 1. The van der Waals surface area contributed by atoms with E-state index in [0.717, 1.165) is 18.4 Å². The summed E-state index contributed by atoms with van der Waals surface area (Å²) in [6, 6.07) is 13.7. The number of carboxylic acids is 1. The van der Waals surface area contributed by atoms with Gasteiger partial charge in [0.15, 0.2) is 6.10 Å². The fourth-order valence-electron chi connectivity index (χ4n) is 3.22. The number of benzene rings is 2. The number of pyridine rings is 1. The van der Waals surface area contributed by atoms with E-state index in [2.05, 4.69) is 10.3 Å². The summed E-state index contributed by atoms with van der Waals surface area (Å²) in [5, 5.41) is 12.8. The van der Waals surface area contributed by atoms with Crippen LogP contribution in [0.15, 0.2) is 53.3 Å². The minimum Gasteiger partial charge on any atom is -0.477 e. The van der Waals surface area contributed by atoms with Crippen molar-refractivity contribution in [3.8, 4) is 0 Å². The maximum Gasteiger partial charge on any atom is 0.341 e. The summed E-state index contributed by atoms with van der Waals surface area (Å²) in [7, 11) is 0. The van der Waals surface area contributed by atoms with Gasteiger partial charge in [-0.1, -0.05) is 55.3 Å². The van der Waals surface area contributed by atoms with Crippen molar-refractivity contribution in [2.24, 2.45) is 0 Å². The lowest BCUT2D eigenvalue weighted by molar-refractivity contribution is -0.133. The molecule has 0 spiro atoms. The molecule has 8 heteroatoms. The summed E-state index contributed by atoms with van der Waals surface area (Å²) in [5.41, 5.74) is 0.623. The zero-order chi connectivity index (χ0) is 22.4. The Morgan fingerprint density at radius 1 is 1.19 bits per heavy atom. The van der Waals surface area contributed by atoms with Gasteiger partial charge in [0.05, 0.1) is 5.52 Å². The standard InChI is InChI=1S/C23H23ClN2O5/c1-2-3-9-31-20(14-7-5-4-6-8-14)22(28)25-13-16-11-17(24)10-15-12-18(23(29)30)21(27)26-19(15)16/h4-8,10-12,20H,2-3,9,13H2,1H3,(H,25,28)(H,26,27)(H,29,30). The van der Waals surface area contributed by atoms with Gasteiger partial charge in [-0.05, 0) is 35.7 Å². The number of rotatable bonds is 9. The lowest BCUT2D eigenvalue weighted by Crippen LogP contribution is -2.31. The molecule has 3 rings (SSSR count). The van der Waals surface area contributed by atoms with Crippen LogP contribution < -0.4 is 10.9 Å². The monoisotopic (exact) mass is 442 g/mol. The molecule has 2 aromatic carbocycles. The zero-order valence-corrected chi connectivity index (χ0v) is 17.7. The lowest BCUT2D eigenvalue weighted by Gasteiger charge is -2.18. The highest BCUT2D eigenvalue weighted by Crippen LogP contribution is 2.23. The second-order valence-corrected chi connectivity index (χ2v) is 7.52. The fraction of sp³-hybridized carbons (Fsp3) is 0.261. The van der Waals surface area contributed by atoms with E-state index in [9.17, 15) is 19.5 Å². The molecule has 0 aliphatic heterocycles. The Morgan fingerprint density at radius 3 is 2.61 bits per heavy atom. The molecule has 1 unspecified atom stereocenters. The van der Waals surface area contributed by atoms with Gasteiger partial charge in [0, 0.05) is 23.6 Å². The average molecular weight is 443 g/mol. The molecule has 0 radical (unpaired) electrons. The van der Waals surface area contributed by atoms with E-state index in [-0.39, 0.29) is 18.0 Å². The molecule has 3 N–H and O–H groups in total. The Balaban J connectivity index is 1.86. The number of amides is 1. The third-order valence-electron chi connectivity index (χ3n) is 4.80. The van der Waals surface area contributed by atoms with Crippen molar-refractivity contribution in [1.82, 2.24) is 10.3 Å². The minimum atomic E-state index is -1.33. The van der Waals surface area contributed by atoms with Crippen molar-refractivity contribution >= 4 is 34.4 Å². The number of hydrogen-bond acceptors (Lipinski definition) is 4. The third-order valence-corrected chi connectivity index (χ3v) is 5.02. The predicted molar refractivity (Wildman–Crippen MR) is 118 cm³/mol. The molecule has 1 aromatic heterocycles. The summed E-state index contributed by atoms with van der Waals surface area (Å²) in [5.74, 6) is -1.65. The van der Waals surface area contributed by atoms with Crippen LogP contribution in [0.2, 0.25) is 5.02 Å². The Morgan fingerprint density at radius 2 is 1.94 bits per heavy atom. The number of H-pyrrole nitrogens is 1. The number of fused-ring (bicyclic) bond motifs is 1. The maximum absolute atomic E-state index is 12.9. The molecule has 0 saturated heterocycles. The highest BCUT2D eigenvalue weighted by Gasteiger charge is 2.21. The first-order valence-corrected chi connectivity index (χ1v) is 10.3. The first kappa shape index (κ1) is 22.5. The molecule has 162 valence electrons. The molecule has 0 saturated carbocycles. The van der Waals surface area contributed by atoms with Crippen molar-refractivity contribution in [2.75, 3.05) is 6.61 Å². The normalized spacial score (nSPS) is 11.9. The second-order valence-electron chi connectivity index (χ2n) is 7.08. The van der Waals surface area contributed by atoms with E-state index in [1.807, 2.05) is 37.3 Å². The Bertz CT molecular complexity index is 1140. The summed E-state index contributed by atoms with van der Waals surface area (Å²) < 4.78 is 5.83. The van der Waals surface area contributed by atoms with E-state index in [1.165, 1.54) is 6.07 Å². The number of halogens is 1. The Hall–Kier alpha value is -3.16. The van der Waals surface area contributed by atoms with Crippen LogP contribution >= 0.6 is 11.6 Å². The van der Waals surface area contributed by atoms with Gasteiger partial charge < -0.3 is 20.1 Å². The summed E-state index contributed by atoms with van der Waals surface area (Å²) in [6.07, 6.45) is 1.02. The predicted octanol–water partition coefficient (Wildman–Crippen LogP) is 4.05. The van der Waals surface area contributed by atoms with Crippen molar-refractivity contribution < 1.29 is 19.4 Å². The number of aromatic carboxylic acids is 1. The van der Waals surface area contributed by atoms with Crippen LogP contribution in [0, 0.1) is 0 Å². The van der Waals surface area contributed by atoms with Gasteiger partial charge in [-0.2, -0.15) is 0 Å². The zero-order valence-electron chi connectivity index (χ0n) is 17.0. The van der Waals surface area contributed by atoms with Gasteiger partial charge in [-0.15, -0.1) is 0 Å². The van der Waals surface area contributed by atoms with Crippen molar-refractivity contribution in [3.63, 3.8) is 0 Å². The largest absolute Gasteiger partial charge is 0.477 e. The van der Waals surface area contributed by atoms with Crippen LogP contribution in [0.1, 0.15) is 47.4 Å². The number of aromatic nitrogens is 1. The molecule has 0 bridgehead atoms. The molecule has 0 aliphatic rings. The van der Waals surface area contributed by atoms with Gasteiger partial charge in [0.1, 0.15) is 5.56 Å². The van der Waals surface area contributed by atoms with Crippen molar-refractivity contribution in [3.05, 3.63) is 80.6 Å². The maximum atomic E-state index is 12.9. The molecule has 7 nitrogen and oxygen atoms in total. The SMILES string of the molecule is CCCCOC(C(=O)NCc1cc(Cl)cc2cc(C(=O)O)c(=O)[nH]c12)c1ccccc1. The molecular formula is C23H23ClN2O5.